The first-order valence-corrected chi connectivity index (χ1v) is 6.56. The molecule has 3 rings (SSSR count). The van der Waals surface area contributed by atoms with Gasteiger partial charge in [0.15, 0.2) is 0 Å². The molecule has 0 radical (unpaired) electrons. The minimum atomic E-state index is 0.297. The van der Waals surface area contributed by atoms with Crippen LogP contribution in [-0.2, 0) is 4.79 Å². The fraction of sp³-hybridized carbons (Fsp3) is 0.583. The first-order chi connectivity index (χ1) is 7.34. The summed E-state index contributed by atoms with van der Waals surface area (Å²) < 4.78 is 0. The van der Waals surface area contributed by atoms with Gasteiger partial charge in [0.1, 0.15) is 0 Å². The molecule has 15 heavy (non-hydrogen) atoms. The molecule has 2 nitrogen and oxygen atoms in total. The van der Waals surface area contributed by atoms with Crippen LogP contribution < -0.4 is 5.32 Å². The molecule has 2 fully saturated rings. The van der Waals surface area contributed by atoms with Gasteiger partial charge in [-0.2, -0.15) is 0 Å². The molecule has 1 aromatic heterocycles. The maximum atomic E-state index is 11.7. The second-order valence-electron chi connectivity index (χ2n) is 4.60. The standard InChI is InChI=1S/C12H15NOS/c14-12(8-3-1-4-8)13-10-7-9(10)11-5-2-6-15-11/h2,5-6,8-10H,1,3-4,7H2,(H,13,14). The van der Waals surface area contributed by atoms with Crippen molar-refractivity contribution in [2.24, 2.45) is 5.92 Å². The molecule has 2 atom stereocenters. The monoisotopic (exact) mass is 221 g/mol. The van der Waals surface area contributed by atoms with Gasteiger partial charge in [-0.3, -0.25) is 4.79 Å². The van der Waals surface area contributed by atoms with Gasteiger partial charge in [-0.1, -0.05) is 12.5 Å². The molecule has 1 heterocycles. The third-order valence-electron chi connectivity index (χ3n) is 3.50. The fourth-order valence-corrected chi connectivity index (χ4v) is 3.05. The molecule has 1 N–H and O–H groups in total. The number of thiophene rings is 1. The smallest absolute Gasteiger partial charge is 0.223 e. The molecular formula is C12H15NOS. The van der Waals surface area contributed by atoms with Crippen molar-refractivity contribution in [2.75, 3.05) is 0 Å². The molecule has 0 bridgehead atoms. The Morgan fingerprint density at radius 2 is 2.33 bits per heavy atom. The van der Waals surface area contributed by atoms with Crippen LogP contribution in [0.2, 0.25) is 0 Å². The zero-order chi connectivity index (χ0) is 10.3. The highest BCUT2D eigenvalue weighted by Gasteiger charge is 2.41. The van der Waals surface area contributed by atoms with Crippen LogP contribution >= 0.6 is 11.3 Å². The average molecular weight is 221 g/mol. The Hall–Kier alpha value is -0.830. The van der Waals surface area contributed by atoms with Gasteiger partial charge >= 0.3 is 0 Å². The van der Waals surface area contributed by atoms with Gasteiger partial charge in [0.05, 0.1) is 0 Å². The third kappa shape index (κ3) is 1.81. The van der Waals surface area contributed by atoms with Gasteiger partial charge in [0, 0.05) is 22.8 Å². The van der Waals surface area contributed by atoms with Crippen LogP contribution in [0, 0.1) is 5.92 Å². The molecule has 2 aliphatic carbocycles. The summed E-state index contributed by atoms with van der Waals surface area (Å²) >= 11 is 1.80. The van der Waals surface area contributed by atoms with Crippen molar-refractivity contribution in [1.29, 1.82) is 0 Å². The third-order valence-corrected chi connectivity index (χ3v) is 4.51. The fourth-order valence-electron chi connectivity index (χ4n) is 2.14. The Morgan fingerprint density at radius 3 is 2.93 bits per heavy atom. The van der Waals surface area contributed by atoms with Crippen LogP contribution in [0.3, 0.4) is 0 Å². The summed E-state index contributed by atoms with van der Waals surface area (Å²) in [6, 6.07) is 4.69. The molecule has 0 spiro atoms. The van der Waals surface area contributed by atoms with E-state index < -0.39 is 0 Å². The molecule has 0 aliphatic heterocycles. The summed E-state index contributed by atoms with van der Waals surface area (Å²) in [5.41, 5.74) is 0. The van der Waals surface area contributed by atoms with Crippen molar-refractivity contribution >= 4 is 17.2 Å². The highest BCUT2D eigenvalue weighted by atomic mass is 32.1. The van der Waals surface area contributed by atoms with Crippen molar-refractivity contribution in [3.8, 4) is 0 Å². The average Bonchev–Trinajstić information content (AvgIpc) is 2.70. The Bertz CT molecular complexity index is 356. The SMILES string of the molecule is O=C(NC1CC1c1cccs1)C1CCC1. The van der Waals surface area contributed by atoms with E-state index in [9.17, 15) is 4.79 Å². The van der Waals surface area contributed by atoms with E-state index in [1.165, 1.54) is 11.3 Å². The van der Waals surface area contributed by atoms with E-state index in [4.69, 9.17) is 0 Å². The summed E-state index contributed by atoms with van der Waals surface area (Å²) in [5.74, 6) is 1.23. The maximum Gasteiger partial charge on any atom is 0.223 e. The van der Waals surface area contributed by atoms with Crippen molar-refractivity contribution in [2.45, 2.75) is 37.6 Å². The van der Waals surface area contributed by atoms with Gasteiger partial charge in [-0.25, -0.2) is 0 Å². The van der Waals surface area contributed by atoms with E-state index in [0.29, 0.717) is 23.8 Å². The van der Waals surface area contributed by atoms with Crippen molar-refractivity contribution in [3.63, 3.8) is 0 Å². The summed E-state index contributed by atoms with van der Waals surface area (Å²) in [7, 11) is 0. The lowest BCUT2D eigenvalue weighted by molar-refractivity contribution is -0.127. The van der Waals surface area contributed by atoms with Gasteiger partial charge in [0.25, 0.3) is 0 Å². The lowest BCUT2D eigenvalue weighted by Gasteiger charge is -2.24. The molecule has 2 unspecified atom stereocenters. The van der Waals surface area contributed by atoms with E-state index in [2.05, 4.69) is 22.8 Å². The number of hydrogen-bond acceptors (Lipinski definition) is 2. The molecule has 3 heteroatoms. The van der Waals surface area contributed by atoms with E-state index in [1.54, 1.807) is 11.3 Å². The molecule has 2 aliphatic rings. The number of nitrogens with one attached hydrogen (secondary N) is 1. The van der Waals surface area contributed by atoms with Gasteiger partial charge in [-0.15, -0.1) is 11.3 Å². The van der Waals surface area contributed by atoms with E-state index in [1.807, 2.05) is 0 Å². The van der Waals surface area contributed by atoms with Crippen molar-refractivity contribution < 1.29 is 4.79 Å². The number of carbonyl (C=O) groups excluding carboxylic acids is 1. The Kier molecular flexibility index (Phi) is 2.28. The summed E-state index contributed by atoms with van der Waals surface area (Å²) in [4.78, 5) is 13.1. The molecule has 2 saturated carbocycles. The molecule has 0 aromatic carbocycles. The Morgan fingerprint density at radius 1 is 1.47 bits per heavy atom. The predicted octanol–water partition coefficient (Wildman–Crippen LogP) is 2.52. The molecule has 1 amide bonds. The first kappa shape index (κ1) is 9.40. The van der Waals surface area contributed by atoms with Crippen LogP contribution in [-0.4, -0.2) is 11.9 Å². The van der Waals surface area contributed by atoms with Crippen molar-refractivity contribution in [3.05, 3.63) is 22.4 Å². The van der Waals surface area contributed by atoms with E-state index >= 15 is 0 Å². The first-order valence-electron chi connectivity index (χ1n) is 5.68. The summed E-state index contributed by atoms with van der Waals surface area (Å²) in [6.45, 7) is 0. The predicted molar refractivity (Wildman–Crippen MR) is 60.9 cm³/mol. The van der Waals surface area contributed by atoms with Gasteiger partial charge in [-0.05, 0) is 30.7 Å². The highest BCUT2D eigenvalue weighted by Crippen LogP contribution is 2.43. The quantitative estimate of drug-likeness (QED) is 0.835. The van der Waals surface area contributed by atoms with Crippen LogP contribution in [0.25, 0.3) is 0 Å². The number of amides is 1. The second-order valence-corrected chi connectivity index (χ2v) is 5.58. The molecule has 1 aromatic rings. The zero-order valence-electron chi connectivity index (χ0n) is 8.61. The lowest BCUT2D eigenvalue weighted by Crippen LogP contribution is -2.36. The zero-order valence-corrected chi connectivity index (χ0v) is 9.43. The molecule has 80 valence electrons. The maximum absolute atomic E-state index is 11.7. The minimum Gasteiger partial charge on any atom is -0.352 e. The Labute approximate surface area is 93.7 Å². The topological polar surface area (TPSA) is 29.1 Å². The largest absolute Gasteiger partial charge is 0.352 e. The number of hydrogen-bond donors (Lipinski definition) is 1. The number of carbonyl (C=O) groups is 1. The van der Waals surface area contributed by atoms with Gasteiger partial charge in [0.2, 0.25) is 5.91 Å². The lowest BCUT2D eigenvalue weighted by atomic mass is 9.85. The van der Waals surface area contributed by atoms with E-state index in [-0.39, 0.29) is 0 Å². The summed E-state index contributed by atoms with van der Waals surface area (Å²) in [5, 5.41) is 5.27. The number of rotatable bonds is 3. The normalized spacial score (nSPS) is 29.6. The summed E-state index contributed by atoms with van der Waals surface area (Å²) in [6.07, 6.45) is 4.57. The van der Waals surface area contributed by atoms with Crippen LogP contribution in [0.4, 0.5) is 0 Å². The minimum absolute atomic E-state index is 0.297. The van der Waals surface area contributed by atoms with Gasteiger partial charge < -0.3 is 5.32 Å². The van der Waals surface area contributed by atoms with Crippen molar-refractivity contribution in [1.82, 2.24) is 5.32 Å². The highest BCUT2D eigenvalue weighted by molar-refractivity contribution is 7.10. The Balaban J connectivity index is 1.52. The van der Waals surface area contributed by atoms with Crippen LogP contribution in [0.5, 0.6) is 0 Å². The van der Waals surface area contributed by atoms with Crippen LogP contribution in [0.15, 0.2) is 17.5 Å². The van der Waals surface area contributed by atoms with Crippen LogP contribution in [0.1, 0.15) is 36.5 Å². The molecular weight excluding hydrogens is 206 g/mol. The molecule has 0 saturated heterocycles. The van der Waals surface area contributed by atoms with E-state index in [0.717, 1.165) is 19.3 Å². The second kappa shape index (κ2) is 3.63.